The fraction of sp³-hybridized carbons (Fsp3) is 0.0526. The first-order chi connectivity index (χ1) is 12.1. The number of imidazole rings is 1. The smallest absolute Gasteiger partial charge is 0.160 e. The molecular weight excluding hydrogens is 388 g/mol. The molecule has 0 aliphatic heterocycles. The summed E-state index contributed by atoms with van der Waals surface area (Å²) in [5.41, 5.74) is 2.72. The van der Waals surface area contributed by atoms with Crippen LogP contribution in [-0.2, 0) is 6.54 Å². The third-order valence-electron chi connectivity index (χ3n) is 3.95. The van der Waals surface area contributed by atoms with Crippen molar-refractivity contribution in [2.75, 3.05) is 0 Å². The van der Waals surface area contributed by atoms with E-state index < -0.39 is 11.6 Å². The van der Waals surface area contributed by atoms with Crippen molar-refractivity contribution in [3.8, 4) is 11.5 Å². The van der Waals surface area contributed by atoms with Gasteiger partial charge in [0.1, 0.15) is 17.3 Å². The van der Waals surface area contributed by atoms with Crippen LogP contribution in [0.2, 0.25) is 0 Å². The van der Waals surface area contributed by atoms with Crippen LogP contribution in [0.3, 0.4) is 0 Å². The largest absolute Gasteiger partial charge is 0.318 e. The Labute approximate surface area is 151 Å². The highest BCUT2D eigenvalue weighted by Crippen LogP contribution is 2.26. The fourth-order valence-electron chi connectivity index (χ4n) is 2.78. The van der Waals surface area contributed by atoms with Gasteiger partial charge < -0.3 is 4.57 Å². The molecule has 0 amide bonds. The van der Waals surface area contributed by atoms with Crippen LogP contribution in [0.5, 0.6) is 0 Å². The summed E-state index contributed by atoms with van der Waals surface area (Å²) in [6.45, 7) is 0.232. The molecule has 6 heteroatoms. The van der Waals surface area contributed by atoms with E-state index in [2.05, 4.69) is 25.9 Å². The summed E-state index contributed by atoms with van der Waals surface area (Å²) in [7, 11) is 0. The number of nitrogens with zero attached hydrogens (tertiary/aromatic N) is 3. The first-order valence-electron chi connectivity index (χ1n) is 7.63. The molecule has 124 valence electrons. The molecule has 0 radical (unpaired) electrons. The van der Waals surface area contributed by atoms with Gasteiger partial charge in [-0.15, -0.1) is 0 Å². The first kappa shape index (κ1) is 15.9. The average molecular weight is 400 g/mol. The zero-order valence-electron chi connectivity index (χ0n) is 13.0. The van der Waals surface area contributed by atoms with Gasteiger partial charge in [0, 0.05) is 22.3 Å². The van der Waals surface area contributed by atoms with Crippen LogP contribution in [-0.4, -0.2) is 14.5 Å². The second-order valence-electron chi connectivity index (χ2n) is 5.61. The minimum Gasteiger partial charge on any atom is -0.318 e. The summed E-state index contributed by atoms with van der Waals surface area (Å²) < 4.78 is 30.1. The van der Waals surface area contributed by atoms with Crippen molar-refractivity contribution in [2.45, 2.75) is 6.54 Å². The van der Waals surface area contributed by atoms with Gasteiger partial charge in [-0.05, 0) is 30.3 Å². The van der Waals surface area contributed by atoms with Gasteiger partial charge in [-0.1, -0.05) is 34.1 Å². The van der Waals surface area contributed by atoms with Gasteiger partial charge in [0.2, 0.25) is 0 Å². The number of fused-ring (bicyclic) bond motifs is 1. The number of para-hydroxylation sites is 2. The van der Waals surface area contributed by atoms with Crippen LogP contribution in [0.4, 0.5) is 8.78 Å². The molecule has 2 heterocycles. The van der Waals surface area contributed by atoms with Crippen LogP contribution in [0, 0.1) is 11.6 Å². The van der Waals surface area contributed by atoms with Crippen molar-refractivity contribution >= 4 is 27.0 Å². The molecule has 4 rings (SSSR count). The molecule has 0 unspecified atom stereocenters. The van der Waals surface area contributed by atoms with E-state index in [1.807, 2.05) is 41.0 Å². The van der Waals surface area contributed by atoms with E-state index in [0.29, 0.717) is 17.1 Å². The van der Waals surface area contributed by atoms with Crippen LogP contribution in [0.15, 0.2) is 65.3 Å². The number of hydrogen-bond acceptors (Lipinski definition) is 2. The summed E-state index contributed by atoms with van der Waals surface area (Å²) in [5, 5.41) is 0. The molecule has 0 bridgehead atoms. The van der Waals surface area contributed by atoms with E-state index in [4.69, 9.17) is 0 Å². The van der Waals surface area contributed by atoms with Crippen molar-refractivity contribution in [1.82, 2.24) is 14.5 Å². The lowest BCUT2D eigenvalue weighted by Gasteiger charge is -2.10. The van der Waals surface area contributed by atoms with Crippen molar-refractivity contribution in [2.24, 2.45) is 0 Å². The number of halogens is 3. The number of aromatic nitrogens is 3. The Morgan fingerprint density at radius 2 is 1.84 bits per heavy atom. The lowest BCUT2D eigenvalue weighted by Crippen LogP contribution is -2.05. The minimum absolute atomic E-state index is 0.232. The molecular formula is C19H12BrF2N3. The summed E-state index contributed by atoms with van der Waals surface area (Å²) in [4.78, 5) is 9.03. The maximum Gasteiger partial charge on any atom is 0.160 e. The zero-order valence-corrected chi connectivity index (χ0v) is 14.5. The highest BCUT2D eigenvalue weighted by Gasteiger charge is 2.15. The third-order valence-corrected chi connectivity index (χ3v) is 4.44. The van der Waals surface area contributed by atoms with Crippen LogP contribution >= 0.6 is 15.9 Å². The predicted molar refractivity (Wildman–Crippen MR) is 96.1 cm³/mol. The molecule has 0 aliphatic carbocycles. The van der Waals surface area contributed by atoms with Gasteiger partial charge >= 0.3 is 0 Å². The Hall–Kier alpha value is -2.60. The normalized spacial score (nSPS) is 11.2. The average Bonchev–Trinajstić information content (AvgIpc) is 2.96. The lowest BCUT2D eigenvalue weighted by atomic mass is 10.2. The topological polar surface area (TPSA) is 30.7 Å². The number of benzene rings is 2. The Bertz CT molecular complexity index is 1080. The van der Waals surface area contributed by atoms with E-state index in [1.54, 1.807) is 6.20 Å². The monoisotopic (exact) mass is 399 g/mol. The highest BCUT2D eigenvalue weighted by molar-refractivity contribution is 9.10. The minimum atomic E-state index is -0.592. The first-order valence-corrected chi connectivity index (χ1v) is 8.42. The van der Waals surface area contributed by atoms with E-state index in [0.717, 1.165) is 21.6 Å². The van der Waals surface area contributed by atoms with Crippen molar-refractivity contribution in [3.63, 3.8) is 0 Å². The molecule has 3 nitrogen and oxygen atoms in total. The molecule has 0 atom stereocenters. The quantitative estimate of drug-likeness (QED) is 0.474. The summed E-state index contributed by atoms with van der Waals surface area (Å²) in [6, 6.07) is 14.9. The fourth-order valence-corrected chi connectivity index (χ4v) is 3.11. The second-order valence-corrected chi connectivity index (χ2v) is 6.52. The maximum atomic E-state index is 14.1. The Balaban J connectivity index is 1.90. The zero-order chi connectivity index (χ0) is 17.4. The molecule has 0 spiro atoms. The van der Waals surface area contributed by atoms with Crippen molar-refractivity contribution < 1.29 is 8.78 Å². The maximum absolute atomic E-state index is 14.1. The predicted octanol–water partition coefficient (Wildman–Crippen LogP) is 5.19. The summed E-state index contributed by atoms with van der Waals surface area (Å²) in [6.07, 6.45) is 1.68. The van der Waals surface area contributed by atoms with Crippen LogP contribution in [0.1, 0.15) is 5.56 Å². The Morgan fingerprint density at radius 3 is 2.64 bits per heavy atom. The lowest BCUT2D eigenvalue weighted by molar-refractivity contribution is 0.567. The molecule has 0 saturated carbocycles. The molecule has 0 aliphatic rings. The number of rotatable bonds is 3. The molecule has 4 aromatic rings. The van der Waals surface area contributed by atoms with Gasteiger partial charge in [0.15, 0.2) is 5.82 Å². The molecule has 2 aromatic carbocycles. The van der Waals surface area contributed by atoms with Gasteiger partial charge in [-0.3, -0.25) is 4.98 Å². The molecule has 25 heavy (non-hydrogen) atoms. The van der Waals surface area contributed by atoms with Gasteiger partial charge in [-0.2, -0.15) is 0 Å². The summed E-state index contributed by atoms with van der Waals surface area (Å²) >= 11 is 3.44. The van der Waals surface area contributed by atoms with Gasteiger partial charge in [0.25, 0.3) is 0 Å². The van der Waals surface area contributed by atoms with E-state index in [1.165, 1.54) is 12.1 Å². The molecule has 2 aromatic heterocycles. The van der Waals surface area contributed by atoms with Gasteiger partial charge in [-0.25, -0.2) is 13.8 Å². The van der Waals surface area contributed by atoms with Gasteiger partial charge in [0.05, 0.1) is 17.6 Å². The Kier molecular flexibility index (Phi) is 4.05. The second kappa shape index (κ2) is 6.37. The highest BCUT2D eigenvalue weighted by atomic mass is 79.9. The standard InChI is InChI=1S/C19H12BrF2N3/c20-13-7-8-23-17(9-13)19-24-16-3-1-2-4-18(16)25(19)11-12-5-6-14(21)10-15(12)22/h1-10H,11H2. The number of hydrogen-bond donors (Lipinski definition) is 0. The van der Waals surface area contributed by atoms with E-state index in [9.17, 15) is 8.78 Å². The van der Waals surface area contributed by atoms with E-state index in [-0.39, 0.29) is 6.54 Å². The van der Waals surface area contributed by atoms with Crippen LogP contribution < -0.4 is 0 Å². The number of pyridine rings is 1. The summed E-state index contributed by atoms with van der Waals surface area (Å²) in [5.74, 6) is -0.539. The van der Waals surface area contributed by atoms with E-state index >= 15 is 0 Å². The molecule has 0 saturated heterocycles. The van der Waals surface area contributed by atoms with Crippen molar-refractivity contribution in [3.05, 3.63) is 82.5 Å². The molecule has 0 fully saturated rings. The SMILES string of the molecule is Fc1ccc(Cn2c(-c3cc(Br)ccn3)nc3ccccc32)c(F)c1. The Morgan fingerprint density at radius 1 is 1.00 bits per heavy atom. The molecule has 0 N–H and O–H groups in total. The van der Waals surface area contributed by atoms with Crippen molar-refractivity contribution in [1.29, 1.82) is 0 Å². The van der Waals surface area contributed by atoms with Crippen LogP contribution in [0.25, 0.3) is 22.6 Å². The third kappa shape index (κ3) is 3.05.